The van der Waals surface area contributed by atoms with Crippen molar-refractivity contribution >= 4 is 28.3 Å². The predicted octanol–water partition coefficient (Wildman–Crippen LogP) is 1.11. The molecule has 3 heterocycles. The van der Waals surface area contributed by atoms with Gasteiger partial charge in [0.25, 0.3) is 0 Å². The highest BCUT2D eigenvalue weighted by atomic mass is 32.1. The fourth-order valence-electron chi connectivity index (χ4n) is 2.61. The lowest BCUT2D eigenvalue weighted by molar-refractivity contribution is -0.121. The van der Waals surface area contributed by atoms with Crippen LogP contribution in [0.5, 0.6) is 0 Å². The molecule has 1 aromatic heterocycles. The highest BCUT2D eigenvalue weighted by Crippen LogP contribution is 2.25. The first-order valence-corrected chi connectivity index (χ1v) is 8.23. The van der Waals surface area contributed by atoms with Crippen LogP contribution in [0, 0.1) is 0 Å². The van der Waals surface area contributed by atoms with E-state index in [9.17, 15) is 9.59 Å². The van der Waals surface area contributed by atoms with Crippen LogP contribution < -0.4 is 10.2 Å². The maximum atomic E-state index is 11.9. The number of ether oxygens (including phenoxy) is 1. The largest absolute Gasteiger partial charge is 0.376 e. The SMILES string of the molecule is O=C(Cc1csc(N2CCCC2=O)n1)NC[C@@H]1CCCO1. The lowest BCUT2D eigenvalue weighted by atomic mass is 10.2. The van der Waals surface area contributed by atoms with E-state index in [1.54, 1.807) is 4.90 Å². The van der Waals surface area contributed by atoms with Gasteiger partial charge in [0, 0.05) is 31.5 Å². The molecule has 1 atom stereocenters. The van der Waals surface area contributed by atoms with Gasteiger partial charge < -0.3 is 10.1 Å². The number of aromatic nitrogens is 1. The third-order valence-corrected chi connectivity index (χ3v) is 4.65. The van der Waals surface area contributed by atoms with Gasteiger partial charge in [0.15, 0.2) is 5.13 Å². The van der Waals surface area contributed by atoms with E-state index in [0.29, 0.717) is 18.1 Å². The predicted molar refractivity (Wildman–Crippen MR) is 79.4 cm³/mol. The van der Waals surface area contributed by atoms with Crippen molar-refractivity contribution < 1.29 is 14.3 Å². The number of nitrogens with zero attached hydrogens (tertiary/aromatic N) is 2. The number of hydrogen-bond acceptors (Lipinski definition) is 5. The molecule has 0 spiro atoms. The fourth-order valence-corrected chi connectivity index (χ4v) is 3.48. The lowest BCUT2D eigenvalue weighted by Crippen LogP contribution is -2.32. The second kappa shape index (κ2) is 6.53. The standard InChI is InChI=1S/C14H19N3O3S/c18-12(15-8-11-3-2-6-20-11)7-10-9-21-14(16-10)17-5-1-4-13(17)19/h9,11H,1-8H2,(H,15,18)/t11-/m0/s1. The van der Waals surface area contributed by atoms with Gasteiger partial charge in [-0.05, 0) is 19.3 Å². The van der Waals surface area contributed by atoms with Gasteiger partial charge in [0.2, 0.25) is 11.8 Å². The van der Waals surface area contributed by atoms with Crippen molar-refractivity contribution in [3.63, 3.8) is 0 Å². The quantitative estimate of drug-likeness (QED) is 0.884. The van der Waals surface area contributed by atoms with E-state index in [2.05, 4.69) is 10.3 Å². The molecule has 0 aliphatic carbocycles. The summed E-state index contributed by atoms with van der Waals surface area (Å²) in [7, 11) is 0. The van der Waals surface area contributed by atoms with E-state index < -0.39 is 0 Å². The first-order valence-electron chi connectivity index (χ1n) is 7.35. The van der Waals surface area contributed by atoms with Crippen LogP contribution in [0.4, 0.5) is 5.13 Å². The second-order valence-corrected chi connectivity index (χ2v) is 6.22. The molecule has 2 amide bonds. The molecule has 1 aromatic rings. The zero-order valence-electron chi connectivity index (χ0n) is 11.8. The fraction of sp³-hybridized carbons (Fsp3) is 0.643. The van der Waals surface area contributed by atoms with E-state index >= 15 is 0 Å². The minimum Gasteiger partial charge on any atom is -0.376 e. The number of anilines is 1. The Morgan fingerprint density at radius 1 is 1.52 bits per heavy atom. The highest BCUT2D eigenvalue weighted by Gasteiger charge is 2.24. The summed E-state index contributed by atoms with van der Waals surface area (Å²) >= 11 is 1.43. The molecule has 1 N–H and O–H groups in total. The maximum Gasteiger partial charge on any atom is 0.228 e. The summed E-state index contributed by atoms with van der Waals surface area (Å²) in [5.74, 6) is 0.0776. The van der Waals surface area contributed by atoms with Crippen LogP contribution in [-0.2, 0) is 20.7 Å². The molecule has 3 rings (SSSR count). The number of hydrogen-bond donors (Lipinski definition) is 1. The van der Waals surface area contributed by atoms with Crippen LogP contribution in [0.25, 0.3) is 0 Å². The molecule has 0 saturated carbocycles. The molecule has 21 heavy (non-hydrogen) atoms. The molecule has 7 heteroatoms. The summed E-state index contributed by atoms with van der Waals surface area (Å²) in [6.45, 7) is 2.09. The van der Waals surface area contributed by atoms with Gasteiger partial charge in [-0.25, -0.2) is 4.98 Å². The number of thiazole rings is 1. The molecule has 0 unspecified atom stereocenters. The van der Waals surface area contributed by atoms with Gasteiger partial charge in [-0.1, -0.05) is 0 Å². The molecular weight excluding hydrogens is 290 g/mol. The Hall–Kier alpha value is -1.47. The number of rotatable bonds is 5. The van der Waals surface area contributed by atoms with E-state index in [4.69, 9.17) is 4.74 Å². The summed E-state index contributed by atoms with van der Waals surface area (Å²) in [4.78, 5) is 29.6. The monoisotopic (exact) mass is 309 g/mol. The molecule has 0 bridgehead atoms. The van der Waals surface area contributed by atoms with Gasteiger partial charge in [0.1, 0.15) is 0 Å². The first-order chi connectivity index (χ1) is 10.2. The Morgan fingerprint density at radius 3 is 3.14 bits per heavy atom. The molecule has 6 nitrogen and oxygen atoms in total. The van der Waals surface area contributed by atoms with Crippen molar-refractivity contribution in [1.82, 2.24) is 10.3 Å². The Balaban J connectivity index is 1.49. The molecule has 2 aliphatic heterocycles. The van der Waals surface area contributed by atoms with E-state index in [-0.39, 0.29) is 24.3 Å². The van der Waals surface area contributed by atoms with Crippen molar-refractivity contribution in [2.24, 2.45) is 0 Å². The van der Waals surface area contributed by atoms with Crippen molar-refractivity contribution in [2.45, 2.75) is 38.2 Å². The van der Waals surface area contributed by atoms with Crippen LogP contribution in [0.15, 0.2) is 5.38 Å². The van der Waals surface area contributed by atoms with Gasteiger partial charge in [-0.15, -0.1) is 11.3 Å². The highest BCUT2D eigenvalue weighted by molar-refractivity contribution is 7.14. The van der Waals surface area contributed by atoms with Crippen molar-refractivity contribution in [3.8, 4) is 0 Å². The first kappa shape index (κ1) is 14.5. The average Bonchev–Trinajstić information content (AvgIpc) is 3.17. The lowest BCUT2D eigenvalue weighted by Gasteiger charge is -2.11. The topological polar surface area (TPSA) is 71.5 Å². The molecular formula is C14H19N3O3S. The zero-order valence-corrected chi connectivity index (χ0v) is 12.7. The van der Waals surface area contributed by atoms with Gasteiger partial charge in [-0.2, -0.15) is 0 Å². The van der Waals surface area contributed by atoms with Gasteiger partial charge >= 0.3 is 0 Å². The molecule has 0 aromatic carbocycles. The number of carbonyl (C=O) groups excluding carboxylic acids is 2. The Bertz CT molecular complexity index is 525. The Labute approximate surface area is 127 Å². The number of nitrogens with one attached hydrogen (secondary N) is 1. The third kappa shape index (κ3) is 3.59. The van der Waals surface area contributed by atoms with Crippen molar-refractivity contribution in [3.05, 3.63) is 11.1 Å². The molecule has 2 aliphatic rings. The van der Waals surface area contributed by atoms with E-state index in [1.165, 1.54) is 11.3 Å². The maximum absolute atomic E-state index is 11.9. The minimum atomic E-state index is -0.0462. The normalized spacial score (nSPS) is 22.0. The van der Waals surface area contributed by atoms with Crippen molar-refractivity contribution in [2.75, 3.05) is 24.6 Å². The molecule has 114 valence electrons. The summed E-state index contributed by atoms with van der Waals surface area (Å²) in [6, 6.07) is 0. The summed E-state index contributed by atoms with van der Waals surface area (Å²) in [6.07, 6.45) is 3.97. The summed E-state index contributed by atoms with van der Waals surface area (Å²) < 4.78 is 5.46. The number of amides is 2. The Kier molecular flexibility index (Phi) is 4.50. The molecule has 2 fully saturated rings. The van der Waals surface area contributed by atoms with Gasteiger partial charge in [0.05, 0.1) is 18.2 Å². The van der Waals surface area contributed by atoms with Crippen LogP contribution in [-0.4, -0.2) is 42.6 Å². The van der Waals surface area contributed by atoms with Crippen LogP contribution >= 0.6 is 11.3 Å². The zero-order chi connectivity index (χ0) is 14.7. The van der Waals surface area contributed by atoms with Crippen molar-refractivity contribution in [1.29, 1.82) is 0 Å². The average molecular weight is 309 g/mol. The van der Waals surface area contributed by atoms with Gasteiger partial charge in [-0.3, -0.25) is 14.5 Å². The minimum absolute atomic E-state index is 0.0462. The molecule has 0 radical (unpaired) electrons. The summed E-state index contributed by atoms with van der Waals surface area (Å²) in [5.41, 5.74) is 0.722. The summed E-state index contributed by atoms with van der Waals surface area (Å²) in [5, 5.41) is 5.44. The van der Waals surface area contributed by atoms with Crippen LogP contribution in [0.1, 0.15) is 31.4 Å². The van der Waals surface area contributed by atoms with Crippen LogP contribution in [0.3, 0.4) is 0 Å². The second-order valence-electron chi connectivity index (χ2n) is 5.39. The van der Waals surface area contributed by atoms with Crippen LogP contribution in [0.2, 0.25) is 0 Å². The number of carbonyl (C=O) groups is 2. The smallest absolute Gasteiger partial charge is 0.228 e. The molecule has 2 saturated heterocycles. The van der Waals surface area contributed by atoms with E-state index in [1.807, 2.05) is 5.38 Å². The Morgan fingerprint density at radius 2 is 2.43 bits per heavy atom. The van der Waals surface area contributed by atoms with E-state index in [0.717, 1.165) is 38.1 Å². The third-order valence-electron chi connectivity index (χ3n) is 3.74.